The lowest BCUT2D eigenvalue weighted by Gasteiger charge is -2.34. The summed E-state index contributed by atoms with van der Waals surface area (Å²) in [6, 6.07) is 6.26. The molecule has 0 amide bonds. The number of anilines is 1. The fraction of sp³-hybridized carbons (Fsp3) is 0.484. The van der Waals surface area contributed by atoms with Gasteiger partial charge in [0.1, 0.15) is 18.1 Å². The summed E-state index contributed by atoms with van der Waals surface area (Å²) in [4.78, 5) is 34.7. The Kier molecular flexibility index (Phi) is 8.93. The Balaban J connectivity index is 1.55. The summed E-state index contributed by atoms with van der Waals surface area (Å²) in [5.74, 6) is -0.0230. The highest BCUT2D eigenvalue weighted by Crippen LogP contribution is 2.42. The first kappa shape index (κ1) is 28.6. The molecule has 1 fully saturated rings. The number of carbonyl (C=O) groups is 2. The number of esters is 1. The van der Waals surface area contributed by atoms with Crippen LogP contribution in [0.1, 0.15) is 80.8 Å². The Morgan fingerprint density at radius 2 is 1.92 bits per heavy atom. The van der Waals surface area contributed by atoms with E-state index in [1.807, 2.05) is 26.8 Å². The second-order valence-electron chi connectivity index (χ2n) is 11.7. The van der Waals surface area contributed by atoms with E-state index in [1.165, 1.54) is 18.3 Å². The maximum atomic E-state index is 14.6. The van der Waals surface area contributed by atoms with Crippen molar-refractivity contribution in [3.63, 3.8) is 0 Å². The SMILES string of the molecule is C[C@@H]1C[C@H](CC(=O)OC(C)(C)C)C[C@H](c2ccncc2CC(=O)c2ccc(F)c3cc(NCCF)cnc23)C1. The molecular formula is C31H37F2N3O3. The smallest absolute Gasteiger partial charge is 0.306 e. The lowest BCUT2D eigenvalue weighted by molar-refractivity contribution is -0.156. The normalized spacial score (nSPS) is 19.6. The Morgan fingerprint density at radius 3 is 2.67 bits per heavy atom. The minimum absolute atomic E-state index is 0.0929. The van der Waals surface area contributed by atoms with Gasteiger partial charge in [-0.25, -0.2) is 8.78 Å². The fourth-order valence-electron chi connectivity index (χ4n) is 5.74. The first-order valence-electron chi connectivity index (χ1n) is 13.6. The largest absolute Gasteiger partial charge is 0.460 e. The van der Waals surface area contributed by atoms with Crippen LogP contribution in [0.2, 0.25) is 0 Å². The van der Waals surface area contributed by atoms with E-state index >= 15 is 0 Å². The lowest BCUT2D eigenvalue weighted by atomic mass is 9.71. The number of halogens is 2. The molecule has 0 radical (unpaired) electrons. The standard InChI is InChI=1S/C31H37F2N3O3/c1-19-11-20(14-29(38)39-31(2,3)4)13-21(12-19)24-7-9-34-17-22(24)15-28(37)25-5-6-27(33)26-16-23(35-10-8-32)18-36-30(25)26/h5-7,9,16-21,35H,8,10-15H2,1-4H3/t19-,20+,21-/m1/s1. The molecule has 1 saturated carbocycles. The number of hydrogen-bond donors (Lipinski definition) is 1. The van der Waals surface area contributed by atoms with Crippen LogP contribution in [0.4, 0.5) is 14.5 Å². The van der Waals surface area contributed by atoms with Gasteiger partial charge in [0, 0.05) is 42.7 Å². The van der Waals surface area contributed by atoms with Crippen molar-refractivity contribution in [3.8, 4) is 0 Å². The molecule has 0 spiro atoms. The van der Waals surface area contributed by atoms with Crippen LogP contribution in [-0.2, 0) is 16.0 Å². The van der Waals surface area contributed by atoms with Crippen molar-refractivity contribution < 1.29 is 23.1 Å². The molecule has 1 aliphatic carbocycles. The van der Waals surface area contributed by atoms with Gasteiger partial charge < -0.3 is 10.1 Å². The molecule has 4 rings (SSSR count). The van der Waals surface area contributed by atoms with E-state index in [2.05, 4.69) is 22.2 Å². The predicted octanol–water partition coefficient (Wildman–Crippen LogP) is 6.83. The predicted molar refractivity (Wildman–Crippen MR) is 148 cm³/mol. The number of pyridine rings is 2. The Morgan fingerprint density at radius 1 is 1.13 bits per heavy atom. The minimum Gasteiger partial charge on any atom is -0.460 e. The minimum atomic E-state index is -0.561. The average molecular weight is 538 g/mol. The third kappa shape index (κ3) is 7.37. The van der Waals surface area contributed by atoms with E-state index < -0.39 is 18.1 Å². The van der Waals surface area contributed by atoms with Gasteiger partial charge in [0.05, 0.1) is 17.4 Å². The molecule has 2 aromatic heterocycles. The van der Waals surface area contributed by atoms with Gasteiger partial charge in [-0.3, -0.25) is 19.6 Å². The summed E-state index contributed by atoms with van der Waals surface area (Å²) >= 11 is 0. The fourth-order valence-corrected chi connectivity index (χ4v) is 5.74. The van der Waals surface area contributed by atoms with Gasteiger partial charge in [0.15, 0.2) is 5.78 Å². The summed E-state index contributed by atoms with van der Waals surface area (Å²) in [7, 11) is 0. The van der Waals surface area contributed by atoms with Crippen molar-refractivity contribution in [1.29, 1.82) is 0 Å². The molecule has 0 saturated heterocycles. The molecule has 6 nitrogen and oxygen atoms in total. The number of ketones is 1. The Bertz CT molecular complexity index is 1340. The zero-order valence-electron chi connectivity index (χ0n) is 23.1. The average Bonchev–Trinajstić information content (AvgIpc) is 2.86. The molecule has 39 heavy (non-hydrogen) atoms. The van der Waals surface area contributed by atoms with Crippen LogP contribution in [0.3, 0.4) is 0 Å². The zero-order chi connectivity index (χ0) is 28.2. The van der Waals surface area contributed by atoms with Gasteiger partial charge in [-0.1, -0.05) is 6.92 Å². The van der Waals surface area contributed by atoms with Crippen molar-refractivity contribution in [3.05, 3.63) is 65.4 Å². The van der Waals surface area contributed by atoms with E-state index in [4.69, 9.17) is 4.74 Å². The lowest BCUT2D eigenvalue weighted by Crippen LogP contribution is -2.28. The Hall–Kier alpha value is -3.42. The summed E-state index contributed by atoms with van der Waals surface area (Å²) < 4.78 is 32.7. The number of aromatic nitrogens is 2. The number of nitrogens with zero attached hydrogens (tertiary/aromatic N) is 2. The van der Waals surface area contributed by atoms with Gasteiger partial charge in [-0.2, -0.15) is 0 Å². The van der Waals surface area contributed by atoms with E-state index in [0.717, 1.165) is 30.4 Å². The van der Waals surface area contributed by atoms with Crippen molar-refractivity contribution in [2.24, 2.45) is 11.8 Å². The van der Waals surface area contributed by atoms with Crippen LogP contribution in [0, 0.1) is 17.7 Å². The van der Waals surface area contributed by atoms with Gasteiger partial charge in [-0.15, -0.1) is 0 Å². The van der Waals surface area contributed by atoms with E-state index in [0.29, 0.717) is 23.6 Å². The van der Waals surface area contributed by atoms with Gasteiger partial charge >= 0.3 is 5.97 Å². The number of nitrogens with one attached hydrogen (secondary N) is 1. The second-order valence-corrected chi connectivity index (χ2v) is 11.7. The number of hydrogen-bond acceptors (Lipinski definition) is 6. The molecular weight excluding hydrogens is 500 g/mol. The van der Waals surface area contributed by atoms with Crippen LogP contribution in [-0.4, -0.2) is 40.5 Å². The molecule has 3 atom stereocenters. The molecule has 1 aromatic carbocycles. The van der Waals surface area contributed by atoms with Crippen molar-refractivity contribution >= 4 is 28.3 Å². The molecule has 0 aliphatic heterocycles. The van der Waals surface area contributed by atoms with Crippen LogP contribution in [0.15, 0.2) is 42.9 Å². The number of ether oxygens (including phenoxy) is 1. The van der Waals surface area contributed by atoms with Crippen LogP contribution < -0.4 is 5.32 Å². The van der Waals surface area contributed by atoms with Gasteiger partial charge in [-0.05, 0) is 93.2 Å². The maximum Gasteiger partial charge on any atom is 0.306 e. The molecule has 0 unspecified atom stereocenters. The highest BCUT2D eigenvalue weighted by atomic mass is 19.1. The Labute approximate surface area is 228 Å². The molecule has 1 aliphatic rings. The van der Waals surface area contributed by atoms with Crippen molar-refractivity contribution in [2.75, 3.05) is 18.5 Å². The number of alkyl halides is 1. The van der Waals surface area contributed by atoms with Crippen LogP contribution in [0.25, 0.3) is 10.9 Å². The van der Waals surface area contributed by atoms with E-state index in [9.17, 15) is 18.4 Å². The first-order valence-corrected chi connectivity index (χ1v) is 13.6. The third-order valence-electron chi connectivity index (χ3n) is 7.17. The summed E-state index contributed by atoms with van der Waals surface area (Å²) in [5.41, 5.74) is 2.48. The number of carbonyl (C=O) groups excluding carboxylic acids is 2. The number of benzene rings is 1. The summed E-state index contributed by atoms with van der Waals surface area (Å²) in [6.07, 6.45) is 8.21. The second kappa shape index (κ2) is 12.2. The van der Waals surface area contributed by atoms with E-state index in [-0.39, 0.29) is 47.5 Å². The van der Waals surface area contributed by atoms with Crippen molar-refractivity contribution in [2.45, 2.75) is 71.3 Å². The third-order valence-corrected chi connectivity index (χ3v) is 7.17. The molecule has 1 N–H and O–H groups in total. The first-order chi connectivity index (χ1) is 18.5. The van der Waals surface area contributed by atoms with Gasteiger partial charge in [0.25, 0.3) is 0 Å². The maximum absolute atomic E-state index is 14.6. The number of Topliss-reactive ketones (excluding diaryl/α,β-unsaturated/α-hetero) is 1. The topological polar surface area (TPSA) is 81.2 Å². The highest BCUT2D eigenvalue weighted by Gasteiger charge is 2.31. The number of fused-ring (bicyclic) bond motifs is 1. The molecule has 8 heteroatoms. The summed E-state index contributed by atoms with van der Waals surface area (Å²) in [5, 5.41) is 3.06. The van der Waals surface area contributed by atoms with Gasteiger partial charge in [0.2, 0.25) is 0 Å². The number of rotatable bonds is 9. The molecule has 0 bridgehead atoms. The zero-order valence-corrected chi connectivity index (χ0v) is 23.1. The quantitative estimate of drug-likeness (QED) is 0.238. The van der Waals surface area contributed by atoms with Crippen molar-refractivity contribution in [1.82, 2.24) is 9.97 Å². The monoisotopic (exact) mass is 537 g/mol. The van der Waals surface area contributed by atoms with E-state index in [1.54, 1.807) is 18.5 Å². The summed E-state index contributed by atoms with van der Waals surface area (Å²) in [6.45, 7) is 7.36. The van der Waals surface area contributed by atoms with Crippen LogP contribution >= 0.6 is 0 Å². The molecule has 3 aromatic rings. The van der Waals surface area contributed by atoms with Crippen LogP contribution in [0.5, 0.6) is 0 Å². The molecule has 2 heterocycles. The molecule has 208 valence electrons. The highest BCUT2D eigenvalue weighted by molar-refractivity contribution is 6.08.